The molecule has 0 atom stereocenters. The van der Waals surface area contributed by atoms with Crippen LogP contribution in [-0.4, -0.2) is 44.6 Å². The molecule has 0 heterocycles. The molecule has 0 spiro atoms. The highest BCUT2D eigenvalue weighted by atomic mass is 79.9. The predicted octanol–water partition coefficient (Wildman–Crippen LogP) is 3.31. The zero-order valence-corrected chi connectivity index (χ0v) is 16.5. The maximum absolute atomic E-state index is 12.3. The van der Waals surface area contributed by atoms with E-state index in [0.29, 0.717) is 17.8 Å². The number of nitrogens with one attached hydrogen (secondary N) is 1. The third kappa shape index (κ3) is 5.57. The van der Waals surface area contributed by atoms with Crippen LogP contribution in [0.25, 0.3) is 0 Å². The molecule has 0 radical (unpaired) electrons. The van der Waals surface area contributed by atoms with Crippen molar-refractivity contribution in [1.29, 1.82) is 0 Å². The van der Waals surface area contributed by atoms with Crippen LogP contribution in [0.2, 0.25) is 0 Å². The Morgan fingerprint density at radius 1 is 1.15 bits per heavy atom. The Hall–Kier alpha value is -2.38. The summed E-state index contributed by atoms with van der Waals surface area (Å²) < 4.78 is 11.0. The third-order valence-electron chi connectivity index (χ3n) is 3.66. The maximum atomic E-state index is 12.3. The van der Waals surface area contributed by atoms with Gasteiger partial charge in [0.15, 0.2) is 0 Å². The van der Waals surface area contributed by atoms with Crippen molar-refractivity contribution in [3.8, 4) is 5.75 Å². The summed E-state index contributed by atoms with van der Waals surface area (Å²) in [6, 6.07) is 12.4. The largest absolute Gasteiger partial charge is 0.496 e. The van der Waals surface area contributed by atoms with Crippen LogP contribution in [0, 0.1) is 0 Å². The monoisotopic (exact) mass is 420 g/mol. The highest BCUT2D eigenvalue weighted by Gasteiger charge is 2.12. The minimum atomic E-state index is -0.444. The molecule has 7 heteroatoms. The van der Waals surface area contributed by atoms with Crippen molar-refractivity contribution < 1.29 is 19.1 Å². The summed E-state index contributed by atoms with van der Waals surface area (Å²) in [6.07, 6.45) is 0. The van der Waals surface area contributed by atoms with E-state index in [2.05, 4.69) is 26.0 Å². The summed E-state index contributed by atoms with van der Waals surface area (Å²) in [5.41, 5.74) is 1.91. The summed E-state index contributed by atoms with van der Waals surface area (Å²) in [5, 5.41) is 2.79. The molecule has 0 unspecified atom stereocenters. The van der Waals surface area contributed by atoms with Crippen LogP contribution in [0.15, 0.2) is 46.9 Å². The van der Waals surface area contributed by atoms with Crippen molar-refractivity contribution in [2.75, 3.05) is 33.1 Å². The third-order valence-corrected chi connectivity index (χ3v) is 4.16. The van der Waals surface area contributed by atoms with Crippen molar-refractivity contribution in [3.63, 3.8) is 0 Å². The lowest BCUT2D eigenvalue weighted by Crippen LogP contribution is -2.30. The van der Waals surface area contributed by atoms with Gasteiger partial charge in [-0.2, -0.15) is 0 Å². The van der Waals surface area contributed by atoms with Crippen molar-refractivity contribution in [3.05, 3.63) is 58.1 Å². The van der Waals surface area contributed by atoms with E-state index in [0.717, 1.165) is 15.8 Å². The average Bonchev–Trinajstić information content (AvgIpc) is 2.61. The molecule has 1 amide bonds. The number of carbonyl (C=O) groups is 2. The summed E-state index contributed by atoms with van der Waals surface area (Å²) in [4.78, 5) is 25.7. The van der Waals surface area contributed by atoms with Gasteiger partial charge < -0.3 is 14.8 Å². The Morgan fingerprint density at radius 2 is 1.92 bits per heavy atom. The second kappa shape index (κ2) is 9.35. The van der Waals surface area contributed by atoms with Gasteiger partial charge in [0.25, 0.3) is 0 Å². The van der Waals surface area contributed by atoms with E-state index >= 15 is 0 Å². The number of likely N-dealkylation sites (N-methyl/N-ethyl adjacent to an activating group) is 1. The lowest BCUT2D eigenvalue weighted by Gasteiger charge is -2.18. The van der Waals surface area contributed by atoms with Crippen LogP contribution in [0.4, 0.5) is 5.69 Å². The first-order valence-corrected chi connectivity index (χ1v) is 8.71. The summed E-state index contributed by atoms with van der Waals surface area (Å²) >= 11 is 3.44. The van der Waals surface area contributed by atoms with E-state index in [1.54, 1.807) is 31.4 Å². The zero-order valence-electron chi connectivity index (χ0n) is 14.9. The second-order valence-electron chi connectivity index (χ2n) is 5.75. The number of methoxy groups -OCH3 is 2. The number of carbonyl (C=O) groups excluding carboxylic acids is 2. The minimum absolute atomic E-state index is 0.177. The normalized spacial score (nSPS) is 10.5. The molecule has 0 aliphatic heterocycles. The number of nitrogens with zero attached hydrogens (tertiary/aromatic N) is 1. The van der Waals surface area contributed by atoms with Crippen LogP contribution in [0.1, 0.15) is 15.9 Å². The molecular formula is C19H21BrN2O4. The van der Waals surface area contributed by atoms with Gasteiger partial charge in [-0.25, -0.2) is 4.79 Å². The number of halogens is 1. The van der Waals surface area contributed by atoms with E-state index in [1.165, 1.54) is 7.11 Å². The van der Waals surface area contributed by atoms with Crippen LogP contribution >= 0.6 is 15.9 Å². The van der Waals surface area contributed by atoms with Gasteiger partial charge in [0.05, 0.1) is 26.3 Å². The molecule has 2 aromatic carbocycles. The van der Waals surface area contributed by atoms with Crippen molar-refractivity contribution in [1.82, 2.24) is 4.90 Å². The lowest BCUT2D eigenvalue weighted by atomic mass is 10.2. The Labute approximate surface area is 161 Å². The van der Waals surface area contributed by atoms with Crippen LogP contribution < -0.4 is 10.1 Å². The van der Waals surface area contributed by atoms with Gasteiger partial charge in [0.2, 0.25) is 5.91 Å². The molecule has 0 bridgehead atoms. The molecule has 0 fully saturated rings. The first-order chi connectivity index (χ1) is 12.4. The minimum Gasteiger partial charge on any atom is -0.496 e. The fourth-order valence-electron chi connectivity index (χ4n) is 2.50. The first kappa shape index (κ1) is 19.9. The molecule has 26 heavy (non-hydrogen) atoms. The fraction of sp³-hybridized carbons (Fsp3) is 0.263. The van der Waals surface area contributed by atoms with Gasteiger partial charge in [-0.1, -0.05) is 22.0 Å². The van der Waals surface area contributed by atoms with Crippen LogP contribution in [0.5, 0.6) is 5.75 Å². The number of hydrogen-bond acceptors (Lipinski definition) is 5. The number of amides is 1. The number of esters is 1. The van der Waals surface area contributed by atoms with Crippen LogP contribution in [0.3, 0.4) is 0 Å². The van der Waals surface area contributed by atoms with E-state index in [9.17, 15) is 9.59 Å². The molecule has 0 saturated heterocycles. The lowest BCUT2D eigenvalue weighted by molar-refractivity contribution is -0.117. The smallest absolute Gasteiger partial charge is 0.337 e. The van der Waals surface area contributed by atoms with Gasteiger partial charge in [-0.15, -0.1) is 0 Å². The Kier molecular flexibility index (Phi) is 7.17. The molecule has 0 saturated carbocycles. The fourth-order valence-corrected chi connectivity index (χ4v) is 2.91. The molecule has 138 valence electrons. The maximum Gasteiger partial charge on any atom is 0.337 e. The summed E-state index contributed by atoms with van der Waals surface area (Å²) in [6.45, 7) is 0.746. The predicted molar refractivity (Wildman–Crippen MR) is 103 cm³/mol. The van der Waals surface area contributed by atoms with Gasteiger partial charge in [-0.3, -0.25) is 9.69 Å². The Bertz CT molecular complexity index is 795. The van der Waals surface area contributed by atoms with E-state index in [1.807, 2.05) is 30.1 Å². The Morgan fingerprint density at radius 3 is 2.62 bits per heavy atom. The van der Waals surface area contributed by atoms with Gasteiger partial charge in [0.1, 0.15) is 5.75 Å². The standard InChI is InChI=1S/C19H21BrN2O4/c1-22(11-14-9-15(20)7-8-17(14)25-2)12-18(23)21-16-6-4-5-13(10-16)19(24)26-3/h4-10H,11-12H2,1-3H3,(H,21,23). The number of benzene rings is 2. The summed E-state index contributed by atoms with van der Waals surface area (Å²) in [5.74, 6) is 0.148. The average molecular weight is 421 g/mol. The van der Waals surface area contributed by atoms with E-state index < -0.39 is 5.97 Å². The van der Waals surface area contributed by atoms with Gasteiger partial charge >= 0.3 is 5.97 Å². The molecule has 0 aliphatic carbocycles. The van der Waals surface area contributed by atoms with E-state index in [4.69, 9.17) is 4.74 Å². The van der Waals surface area contributed by atoms with Crippen LogP contribution in [-0.2, 0) is 16.1 Å². The van der Waals surface area contributed by atoms with Crippen molar-refractivity contribution in [2.24, 2.45) is 0 Å². The molecular weight excluding hydrogens is 400 g/mol. The highest BCUT2D eigenvalue weighted by Crippen LogP contribution is 2.24. The SMILES string of the molecule is COC(=O)c1cccc(NC(=O)CN(C)Cc2cc(Br)ccc2OC)c1. The zero-order chi connectivity index (χ0) is 19.1. The molecule has 6 nitrogen and oxygen atoms in total. The quantitative estimate of drug-likeness (QED) is 0.695. The molecule has 1 N–H and O–H groups in total. The Balaban J connectivity index is 1.97. The van der Waals surface area contributed by atoms with Gasteiger partial charge in [-0.05, 0) is 43.4 Å². The number of anilines is 1. The number of ether oxygens (including phenoxy) is 2. The van der Waals surface area contributed by atoms with Gasteiger partial charge in [0, 0.05) is 22.3 Å². The van der Waals surface area contributed by atoms with Crippen molar-refractivity contribution in [2.45, 2.75) is 6.54 Å². The summed E-state index contributed by atoms with van der Waals surface area (Å²) in [7, 11) is 4.79. The van der Waals surface area contributed by atoms with Crippen molar-refractivity contribution >= 4 is 33.5 Å². The van der Waals surface area contributed by atoms with E-state index in [-0.39, 0.29) is 12.5 Å². The topological polar surface area (TPSA) is 67.9 Å². The number of hydrogen-bond donors (Lipinski definition) is 1. The number of rotatable bonds is 7. The molecule has 0 aromatic heterocycles. The molecule has 2 aromatic rings. The molecule has 2 rings (SSSR count). The second-order valence-corrected chi connectivity index (χ2v) is 6.66. The first-order valence-electron chi connectivity index (χ1n) is 7.92. The highest BCUT2D eigenvalue weighted by molar-refractivity contribution is 9.10. The molecule has 0 aliphatic rings.